The molecule has 0 unspecified atom stereocenters. The summed E-state index contributed by atoms with van der Waals surface area (Å²) in [5.74, 6) is 0.0314. The molecule has 6 nitrogen and oxygen atoms in total. The molecule has 0 aliphatic carbocycles. The van der Waals surface area contributed by atoms with Gasteiger partial charge in [-0.05, 0) is 33.6 Å². The standard InChI is InChI=1S/C7H6BrN5O/c8-5-1-2-6(10-3-5)12-7(14)4-11-13-9/h1-3H,4H2,(H,10,12,14). The molecule has 0 aliphatic heterocycles. The third kappa shape index (κ3) is 3.42. The summed E-state index contributed by atoms with van der Waals surface area (Å²) >= 11 is 3.21. The highest BCUT2D eigenvalue weighted by Crippen LogP contribution is 2.10. The van der Waals surface area contributed by atoms with E-state index in [1.807, 2.05) is 0 Å². The molecule has 0 aromatic carbocycles. The number of rotatable bonds is 3. The van der Waals surface area contributed by atoms with Crippen LogP contribution in [0.2, 0.25) is 0 Å². The summed E-state index contributed by atoms with van der Waals surface area (Å²) in [5.41, 5.74) is 7.97. The second-order valence-electron chi connectivity index (χ2n) is 2.30. The lowest BCUT2D eigenvalue weighted by Gasteiger charge is -2.00. The van der Waals surface area contributed by atoms with Crippen molar-refractivity contribution in [1.29, 1.82) is 0 Å². The maximum atomic E-state index is 11.0. The lowest BCUT2D eigenvalue weighted by atomic mass is 10.4. The molecule has 72 valence electrons. The van der Waals surface area contributed by atoms with Gasteiger partial charge in [0.15, 0.2) is 0 Å². The number of azide groups is 1. The fraction of sp³-hybridized carbons (Fsp3) is 0.143. The summed E-state index contributed by atoms with van der Waals surface area (Å²) in [5, 5.41) is 5.59. The molecular weight excluding hydrogens is 250 g/mol. The molecule has 0 atom stereocenters. The Balaban J connectivity index is 2.56. The molecule has 1 rings (SSSR count). The number of carbonyl (C=O) groups is 1. The first-order valence-corrected chi connectivity index (χ1v) is 4.44. The predicted molar refractivity (Wildman–Crippen MR) is 54.6 cm³/mol. The van der Waals surface area contributed by atoms with E-state index in [1.165, 1.54) is 0 Å². The number of amides is 1. The molecule has 0 radical (unpaired) electrons. The Labute approximate surface area is 88.1 Å². The quantitative estimate of drug-likeness (QED) is 0.509. The zero-order valence-corrected chi connectivity index (χ0v) is 8.60. The van der Waals surface area contributed by atoms with Gasteiger partial charge in [-0.25, -0.2) is 4.98 Å². The second-order valence-corrected chi connectivity index (χ2v) is 3.21. The van der Waals surface area contributed by atoms with Gasteiger partial charge >= 0.3 is 0 Å². The molecule has 7 heteroatoms. The van der Waals surface area contributed by atoms with E-state index in [-0.39, 0.29) is 6.54 Å². The van der Waals surface area contributed by atoms with Crippen LogP contribution in [-0.4, -0.2) is 17.4 Å². The van der Waals surface area contributed by atoms with E-state index in [4.69, 9.17) is 5.53 Å². The Bertz CT molecular complexity index is 370. The highest BCUT2D eigenvalue weighted by molar-refractivity contribution is 9.10. The predicted octanol–water partition coefficient (Wildman–Crippen LogP) is 2.09. The first kappa shape index (κ1) is 10.5. The summed E-state index contributed by atoms with van der Waals surface area (Å²) in [6.45, 7) is -0.228. The number of nitrogens with zero attached hydrogens (tertiary/aromatic N) is 4. The first-order chi connectivity index (χ1) is 6.72. The Hall–Kier alpha value is -1.59. The molecule has 0 saturated heterocycles. The zero-order valence-electron chi connectivity index (χ0n) is 7.01. The summed E-state index contributed by atoms with van der Waals surface area (Å²) in [6.07, 6.45) is 1.56. The van der Waals surface area contributed by atoms with E-state index >= 15 is 0 Å². The lowest BCUT2D eigenvalue weighted by molar-refractivity contribution is -0.114. The Morgan fingerprint density at radius 2 is 2.50 bits per heavy atom. The van der Waals surface area contributed by atoms with Gasteiger partial charge in [0.2, 0.25) is 5.91 Å². The minimum Gasteiger partial charge on any atom is -0.311 e. The molecule has 1 N–H and O–H groups in total. The number of halogens is 1. The van der Waals surface area contributed by atoms with Gasteiger partial charge in [0.25, 0.3) is 0 Å². The van der Waals surface area contributed by atoms with Crippen molar-refractivity contribution >= 4 is 27.7 Å². The summed E-state index contributed by atoms with van der Waals surface area (Å²) in [6, 6.07) is 3.38. The van der Waals surface area contributed by atoms with Crippen LogP contribution in [0.25, 0.3) is 10.4 Å². The van der Waals surface area contributed by atoms with Gasteiger partial charge in [0.05, 0.1) is 0 Å². The van der Waals surface area contributed by atoms with Crippen molar-refractivity contribution in [1.82, 2.24) is 4.98 Å². The maximum Gasteiger partial charge on any atom is 0.231 e. The van der Waals surface area contributed by atoms with E-state index in [2.05, 4.69) is 36.3 Å². The molecule has 0 spiro atoms. The second kappa shape index (κ2) is 5.21. The zero-order chi connectivity index (χ0) is 10.4. The van der Waals surface area contributed by atoms with Crippen LogP contribution in [0, 0.1) is 0 Å². The van der Waals surface area contributed by atoms with Crippen molar-refractivity contribution in [2.75, 3.05) is 11.9 Å². The first-order valence-electron chi connectivity index (χ1n) is 3.64. The molecule has 14 heavy (non-hydrogen) atoms. The molecule has 0 saturated carbocycles. The molecule has 1 heterocycles. The molecule has 0 fully saturated rings. The van der Waals surface area contributed by atoms with Crippen molar-refractivity contribution < 1.29 is 4.79 Å². The topological polar surface area (TPSA) is 90.8 Å². The van der Waals surface area contributed by atoms with Crippen molar-refractivity contribution in [3.8, 4) is 0 Å². The third-order valence-corrected chi connectivity index (χ3v) is 1.74. The number of pyridine rings is 1. The van der Waals surface area contributed by atoms with Gasteiger partial charge < -0.3 is 5.32 Å². The highest BCUT2D eigenvalue weighted by Gasteiger charge is 2.00. The number of carbonyl (C=O) groups excluding carboxylic acids is 1. The van der Waals surface area contributed by atoms with Crippen LogP contribution in [-0.2, 0) is 4.79 Å². The average molecular weight is 256 g/mol. The van der Waals surface area contributed by atoms with Crippen LogP contribution in [0.5, 0.6) is 0 Å². The number of aromatic nitrogens is 1. The van der Waals surface area contributed by atoms with E-state index < -0.39 is 5.91 Å². The monoisotopic (exact) mass is 255 g/mol. The van der Waals surface area contributed by atoms with Crippen LogP contribution < -0.4 is 5.32 Å². The van der Waals surface area contributed by atoms with Crippen LogP contribution in [0.4, 0.5) is 5.82 Å². The van der Waals surface area contributed by atoms with Crippen LogP contribution in [0.15, 0.2) is 27.9 Å². The smallest absolute Gasteiger partial charge is 0.231 e. The SMILES string of the molecule is [N-]=[N+]=NCC(=O)Nc1ccc(Br)cn1. The molecule has 1 aromatic heterocycles. The Morgan fingerprint density at radius 1 is 1.71 bits per heavy atom. The number of anilines is 1. The maximum absolute atomic E-state index is 11.0. The molecule has 0 bridgehead atoms. The minimum absolute atomic E-state index is 0.228. The average Bonchev–Trinajstić information content (AvgIpc) is 2.18. The number of hydrogen-bond donors (Lipinski definition) is 1. The van der Waals surface area contributed by atoms with Gasteiger partial charge in [0.1, 0.15) is 12.4 Å². The fourth-order valence-electron chi connectivity index (χ4n) is 0.728. The van der Waals surface area contributed by atoms with Gasteiger partial charge in [0, 0.05) is 15.6 Å². The fourth-order valence-corrected chi connectivity index (χ4v) is 0.963. The highest BCUT2D eigenvalue weighted by atomic mass is 79.9. The third-order valence-electron chi connectivity index (χ3n) is 1.27. The largest absolute Gasteiger partial charge is 0.311 e. The minimum atomic E-state index is -0.391. The van der Waals surface area contributed by atoms with E-state index in [0.717, 1.165) is 4.47 Å². The van der Waals surface area contributed by atoms with Crippen LogP contribution in [0.1, 0.15) is 0 Å². The van der Waals surface area contributed by atoms with E-state index in [9.17, 15) is 4.79 Å². The summed E-state index contributed by atoms with van der Waals surface area (Å²) in [4.78, 5) is 17.4. The van der Waals surface area contributed by atoms with Crippen molar-refractivity contribution in [2.24, 2.45) is 5.11 Å². The van der Waals surface area contributed by atoms with Gasteiger partial charge in [-0.15, -0.1) is 0 Å². The number of nitrogens with one attached hydrogen (secondary N) is 1. The van der Waals surface area contributed by atoms with E-state index in [1.54, 1.807) is 18.3 Å². The lowest BCUT2D eigenvalue weighted by Crippen LogP contribution is -2.15. The number of hydrogen-bond acceptors (Lipinski definition) is 3. The molecular formula is C7H6BrN5O. The van der Waals surface area contributed by atoms with Gasteiger partial charge in [-0.3, -0.25) is 4.79 Å². The van der Waals surface area contributed by atoms with Crippen molar-refractivity contribution in [3.63, 3.8) is 0 Å². The van der Waals surface area contributed by atoms with E-state index in [0.29, 0.717) is 5.82 Å². The van der Waals surface area contributed by atoms with Crippen LogP contribution in [0.3, 0.4) is 0 Å². The van der Waals surface area contributed by atoms with Crippen molar-refractivity contribution in [2.45, 2.75) is 0 Å². The van der Waals surface area contributed by atoms with Crippen LogP contribution >= 0.6 is 15.9 Å². The Morgan fingerprint density at radius 3 is 3.07 bits per heavy atom. The van der Waals surface area contributed by atoms with Gasteiger partial charge in [-0.1, -0.05) is 5.11 Å². The summed E-state index contributed by atoms with van der Waals surface area (Å²) in [7, 11) is 0. The van der Waals surface area contributed by atoms with Gasteiger partial charge in [-0.2, -0.15) is 0 Å². The molecule has 1 aromatic rings. The molecule has 0 aliphatic rings. The van der Waals surface area contributed by atoms with Crippen molar-refractivity contribution in [3.05, 3.63) is 33.2 Å². The summed E-state index contributed by atoms with van der Waals surface area (Å²) < 4.78 is 0.825. The molecule has 1 amide bonds. The Kier molecular flexibility index (Phi) is 3.90. The normalized spacial score (nSPS) is 8.93.